The van der Waals surface area contributed by atoms with E-state index in [9.17, 15) is 0 Å². The standard InChI is InChI=1S/C17H23N3OS/c1-14-6-8-15(9-7-14)21-11-4-10-19-17(18-2)20-13-16-5-3-12-22-16/h3,5-9,12H,4,10-11,13H2,1-2H3,(H2,18,19,20). The zero-order chi connectivity index (χ0) is 15.6. The molecule has 5 heteroatoms. The second-order valence-corrected chi connectivity index (χ2v) is 5.98. The van der Waals surface area contributed by atoms with Crippen LogP contribution in [-0.2, 0) is 6.54 Å². The summed E-state index contributed by atoms with van der Waals surface area (Å²) in [6.45, 7) is 4.40. The number of nitrogens with zero attached hydrogens (tertiary/aromatic N) is 1. The minimum atomic E-state index is 0.692. The number of benzene rings is 1. The Hall–Kier alpha value is -2.01. The summed E-state index contributed by atoms with van der Waals surface area (Å²) in [6, 6.07) is 12.3. The van der Waals surface area contributed by atoms with Gasteiger partial charge in [0.2, 0.25) is 0 Å². The number of rotatable bonds is 7. The molecule has 1 aromatic heterocycles. The van der Waals surface area contributed by atoms with Gasteiger partial charge in [-0.3, -0.25) is 4.99 Å². The van der Waals surface area contributed by atoms with E-state index in [4.69, 9.17) is 4.74 Å². The lowest BCUT2D eigenvalue weighted by molar-refractivity contribution is 0.311. The molecule has 2 N–H and O–H groups in total. The molecule has 0 atom stereocenters. The Morgan fingerprint density at radius 1 is 1.18 bits per heavy atom. The van der Waals surface area contributed by atoms with Crippen molar-refractivity contribution in [3.8, 4) is 5.75 Å². The Bertz CT molecular complexity index is 564. The van der Waals surface area contributed by atoms with Crippen molar-refractivity contribution in [1.82, 2.24) is 10.6 Å². The van der Waals surface area contributed by atoms with Crippen LogP contribution in [0.2, 0.25) is 0 Å². The van der Waals surface area contributed by atoms with Crippen LogP contribution in [0, 0.1) is 6.92 Å². The Labute approximate surface area is 136 Å². The fraction of sp³-hybridized carbons (Fsp3) is 0.353. The van der Waals surface area contributed by atoms with E-state index in [1.54, 1.807) is 18.4 Å². The van der Waals surface area contributed by atoms with E-state index in [0.717, 1.165) is 31.2 Å². The Balaban J connectivity index is 1.59. The molecule has 0 aliphatic heterocycles. The van der Waals surface area contributed by atoms with Crippen LogP contribution in [0.1, 0.15) is 16.9 Å². The summed E-state index contributed by atoms with van der Waals surface area (Å²) >= 11 is 1.74. The van der Waals surface area contributed by atoms with Gasteiger partial charge in [0.05, 0.1) is 13.2 Å². The van der Waals surface area contributed by atoms with Gasteiger partial charge in [0.1, 0.15) is 5.75 Å². The highest BCUT2D eigenvalue weighted by molar-refractivity contribution is 7.09. The largest absolute Gasteiger partial charge is 0.494 e. The quantitative estimate of drug-likeness (QED) is 0.468. The smallest absolute Gasteiger partial charge is 0.191 e. The maximum atomic E-state index is 5.70. The number of aryl methyl sites for hydroxylation is 1. The first-order valence-electron chi connectivity index (χ1n) is 7.44. The molecule has 1 aromatic carbocycles. The predicted molar refractivity (Wildman–Crippen MR) is 93.8 cm³/mol. The van der Waals surface area contributed by atoms with Crippen molar-refractivity contribution in [1.29, 1.82) is 0 Å². The van der Waals surface area contributed by atoms with Crippen molar-refractivity contribution in [3.63, 3.8) is 0 Å². The van der Waals surface area contributed by atoms with Crippen molar-refractivity contribution >= 4 is 17.3 Å². The maximum absolute atomic E-state index is 5.70. The van der Waals surface area contributed by atoms with Crippen molar-refractivity contribution in [2.45, 2.75) is 19.9 Å². The molecule has 2 aromatic rings. The molecule has 0 unspecified atom stereocenters. The van der Waals surface area contributed by atoms with E-state index < -0.39 is 0 Å². The van der Waals surface area contributed by atoms with Crippen LogP contribution in [0.15, 0.2) is 46.8 Å². The molecule has 0 aliphatic carbocycles. The topological polar surface area (TPSA) is 45.7 Å². The molecule has 118 valence electrons. The molecule has 0 saturated carbocycles. The van der Waals surface area contributed by atoms with Gasteiger partial charge >= 0.3 is 0 Å². The van der Waals surface area contributed by atoms with Crippen molar-refractivity contribution in [3.05, 3.63) is 52.2 Å². The lowest BCUT2D eigenvalue weighted by Crippen LogP contribution is -2.37. The average molecular weight is 317 g/mol. The van der Waals surface area contributed by atoms with Gasteiger partial charge in [-0.05, 0) is 36.9 Å². The number of guanidine groups is 1. The third-order valence-electron chi connectivity index (χ3n) is 3.14. The van der Waals surface area contributed by atoms with E-state index in [0.29, 0.717) is 6.61 Å². The fourth-order valence-corrected chi connectivity index (χ4v) is 2.55. The Morgan fingerprint density at radius 2 is 2.00 bits per heavy atom. The van der Waals surface area contributed by atoms with E-state index in [-0.39, 0.29) is 0 Å². The lowest BCUT2D eigenvalue weighted by atomic mass is 10.2. The molecular weight excluding hydrogens is 294 g/mol. The van der Waals surface area contributed by atoms with Crippen LogP contribution in [-0.4, -0.2) is 26.2 Å². The van der Waals surface area contributed by atoms with Crippen molar-refractivity contribution < 1.29 is 4.74 Å². The monoisotopic (exact) mass is 317 g/mol. The van der Waals surface area contributed by atoms with Crippen LogP contribution in [0.4, 0.5) is 0 Å². The summed E-state index contributed by atoms with van der Waals surface area (Å²) in [4.78, 5) is 5.51. The molecule has 0 radical (unpaired) electrons. The zero-order valence-corrected chi connectivity index (χ0v) is 14.0. The van der Waals surface area contributed by atoms with Crippen molar-refractivity contribution in [2.24, 2.45) is 4.99 Å². The zero-order valence-electron chi connectivity index (χ0n) is 13.1. The predicted octanol–water partition coefficient (Wildman–Crippen LogP) is 3.19. The molecular formula is C17H23N3OS. The summed E-state index contributed by atoms with van der Waals surface area (Å²) < 4.78 is 5.70. The number of nitrogens with one attached hydrogen (secondary N) is 2. The molecule has 0 amide bonds. The molecule has 0 spiro atoms. The molecule has 22 heavy (non-hydrogen) atoms. The highest BCUT2D eigenvalue weighted by Gasteiger charge is 1.99. The number of ether oxygens (including phenoxy) is 1. The van der Waals surface area contributed by atoms with E-state index in [1.807, 2.05) is 12.1 Å². The minimum absolute atomic E-state index is 0.692. The third kappa shape index (κ3) is 5.77. The molecule has 0 bridgehead atoms. The van der Waals surface area contributed by atoms with Gasteiger partial charge < -0.3 is 15.4 Å². The van der Waals surface area contributed by atoms with Crippen LogP contribution >= 0.6 is 11.3 Å². The van der Waals surface area contributed by atoms with Crippen LogP contribution in [0.3, 0.4) is 0 Å². The minimum Gasteiger partial charge on any atom is -0.494 e. The van der Waals surface area contributed by atoms with Gasteiger partial charge in [-0.1, -0.05) is 23.8 Å². The third-order valence-corrected chi connectivity index (χ3v) is 4.01. The van der Waals surface area contributed by atoms with E-state index >= 15 is 0 Å². The Kier molecular flexibility index (Phi) is 6.77. The highest BCUT2D eigenvalue weighted by Crippen LogP contribution is 2.11. The second kappa shape index (κ2) is 9.10. The summed E-state index contributed by atoms with van der Waals surface area (Å²) in [5.41, 5.74) is 1.25. The molecule has 1 heterocycles. The summed E-state index contributed by atoms with van der Waals surface area (Å²) in [6.07, 6.45) is 0.924. The van der Waals surface area contributed by atoms with Crippen LogP contribution in [0.5, 0.6) is 5.75 Å². The Morgan fingerprint density at radius 3 is 2.68 bits per heavy atom. The van der Waals surface area contributed by atoms with Gasteiger partial charge in [0.25, 0.3) is 0 Å². The van der Waals surface area contributed by atoms with Gasteiger partial charge in [-0.25, -0.2) is 0 Å². The van der Waals surface area contributed by atoms with Crippen LogP contribution in [0.25, 0.3) is 0 Å². The summed E-state index contributed by atoms with van der Waals surface area (Å²) in [5.74, 6) is 1.74. The SMILES string of the molecule is CN=C(NCCCOc1ccc(C)cc1)NCc1cccs1. The van der Waals surface area contributed by atoms with Gasteiger partial charge in [-0.2, -0.15) is 0 Å². The lowest BCUT2D eigenvalue weighted by Gasteiger charge is -2.11. The number of hydrogen-bond acceptors (Lipinski definition) is 3. The fourth-order valence-electron chi connectivity index (χ4n) is 1.91. The van der Waals surface area contributed by atoms with Crippen LogP contribution < -0.4 is 15.4 Å². The first-order valence-corrected chi connectivity index (χ1v) is 8.32. The molecule has 4 nitrogen and oxygen atoms in total. The summed E-state index contributed by atoms with van der Waals surface area (Å²) in [5, 5.41) is 8.66. The normalized spacial score (nSPS) is 11.3. The maximum Gasteiger partial charge on any atom is 0.191 e. The number of aliphatic imine (C=N–C) groups is 1. The average Bonchev–Trinajstić information content (AvgIpc) is 3.05. The second-order valence-electron chi connectivity index (χ2n) is 4.95. The van der Waals surface area contributed by atoms with Gasteiger partial charge in [-0.15, -0.1) is 11.3 Å². The molecule has 0 saturated heterocycles. The van der Waals surface area contributed by atoms with Gasteiger partial charge in [0.15, 0.2) is 5.96 Å². The molecule has 0 fully saturated rings. The van der Waals surface area contributed by atoms with E-state index in [1.165, 1.54) is 10.4 Å². The number of hydrogen-bond donors (Lipinski definition) is 2. The van der Waals surface area contributed by atoms with E-state index in [2.05, 4.69) is 52.2 Å². The van der Waals surface area contributed by atoms with Gasteiger partial charge in [0, 0.05) is 18.5 Å². The molecule has 2 rings (SSSR count). The first-order chi connectivity index (χ1) is 10.8. The van der Waals surface area contributed by atoms with Crippen molar-refractivity contribution in [2.75, 3.05) is 20.2 Å². The first kappa shape index (κ1) is 16.4. The highest BCUT2D eigenvalue weighted by atomic mass is 32.1. The summed E-state index contributed by atoms with van der Waals surface area (Å²) in [7, 11) is 1.78. The number of thiophene rings is 1. The molecule has 0 aliphatic rings.